The van der Waals surface area contributed by atoms with Gasteiger partial charge in [0.15, 0.2) is 5.96 Å². The van der Waals surface area contributed by atoms with E-state index in [1.165, 1.54) is 57.0 Å². The van der Waals surface area contributed by atoms with Crippen LogP contribution in [-0.4, -0.2) is 61.6 Å². The van der Waals surface area contributed by atoms with E-state index in [2.05, 4.69) is 46.3 Å². The fraction of sp³-hybridized carbons (Fsp3) is 0.667. The summed E-state index contributed by atoms with van der Waals surface area (Å²) in [6.07, 6.45) is 7.06. The van der Waals surface area contributed by atoms with Crippen LogP contribution in [0.5, 0.6) is 0 Å². The zero-order valence-electron chi connectivity index (χ0n) is 19.1. The van der Waals surface area contributed by atoms with Gasteiger partial charge in [0.25, 0.3) is 0 Å². The molecule has 2 aliphatic heterocycles. The van der Waals surface area contributed by atoms with Crippen LogP contribution in [0.3, 0.4) is 0 Å². The van der Waals surface area contributed by atoms with E-state index in [4.69, 9.17) is 9.73 Å². The summed E-state index contributed by atoms with van der Waals surface area (Å²) in [6, 6.07) is 8.93. The van der Waals surface area contributed by atoms with Gasteiger partial charge in [0, 0.05) is 26.2 Å². The minimum atomic E-state index is -0.0862. The monoisotopic (exact) mass is 542 g/mol. The summed E-state index contributed by atoms with van der Waals surface area (Å²) in [6.45, 7) is 8.78. The first-order valence-electron chi connectivity index (χ1n) is 11.6. The van der Waals surface area contributed by atoms with Gasteiger partial charge in [-0.05, 0) is 56.8 Å². The minimum Gasteiger partial charge on any atom is -0.469 e. The lowest BCUT2D eigenvalue weighted by atomic mass is 9.97. The molecule has 3 rings (SSSR count). The van der Waals surface area contributed by atoms with Gasteiger partial charge < -0.3 is 15.0 Å². The number of halogens is 1. The van der Waals surface area contributed by atoms with Gasteiger partial charge in [-0.3, -0.25) is 9.69 Å². The van der Waals surface area contributed by atoms with Crippen molar-refractivity contribution in [2.75, 3.05) is 39.8 Å². The van der Waals surface area contributed by atoms with E-state index in [0.29, 0.717) is 6.54 Å². The Hall–Kier alpha value is -1.35. The molecule has 0 saturated carbocycles. The predicted octanol–water partition coefficient (Wildman–Crippen LogP) is 4.03. The van der Waals surface area contributed by atoms with Crippen LogP contribution in [-0.2, 0) is 22.6 Å². The molecular formula is C24H39IN4O2. The molecule has 7 heteroatoms. The van der Waals surface area contributed by atoms with Crippen LogP contribution in [0.4, 0.5) is 0 Å². The smallest absolute Gasteiger partial charge is 0.308 e. The molecule has 0 amide bonds. The highest BCUT2D eigenvalue weighted by Gasteiger charge is 2.26. The van der Waals surface area contributed by atoms with Gasteiger partial charge in [0.1, 0.15) is 0 Å². The quantitative estimate of drug-likeness (QED) is 0.255. The number of methoxy groups -OCH3 is 1. The van der Waals surface area contributed by atoms with Gasteiger partial charge in [-0.25, -0.2) is 4.99 Å². The second-order valence-corrected chi connectivity index (χ2v) is 8.46. The molecule has 1 aromatic carbocycles. The third kappa shape index (κ3) is 8.25. The van der Waals surface area contributed by atoms with Crippen molar-refractivity contribution in [3.8, 4) is 0 Å². The fourth-order valence-electron chi connectivity index (χ4n) is 4.39. The first-order chi connectivity index (χ1) is 14.7. The number of hydrogen-bond acceptors (Lipinski definition) is 4. The van der Waals surface area contributed by atoms with Gasteiger partial charge in [0.2, 0.25) is 0 Å². The topological polar surface area (TPSA) is 57.2 Å². The molecule has 31 heavy (non-hydrogen) atoms. The Morgan fingerprint density at radius 3 is 2.23 bits per heavy atom. The number of ether oxygens (including phenoxy) is 1. The van der Waals surface area contributed by atoms with Gasteiger partial charge in [0.05, 0.1) is 19.6 Å². The molecule has 2 fully saturated rings. The molecular weight excluding hydrogens is 503 g/mol. The number of carbonyl (C=O) groups excluding carboxylic acids is 1. The number of nitrogens with one attached hydrogen (secondary N) is 1. The van der Waals surface area contributed by atoms with Gasteiger partial charge >= 0.3 is 5.97 Å². The van der Waals surface area contributed by atoms with E-state index in [-0.39, 0.29) is 35.9 Å². The van der Waals surface area contributed by atoms with Gasteiger partial charge in [-0.1, -0.05) is 37.1 Å². The lowest BCUT2D eigenvalue weighted by molar-refractivity contribution is -0.146. The third-order valence-corrected chi connectivity index (χ3v) is 6.20. The Labute approximate surface area is 204 Å². The number of hydrogen-bond donors (Lipinski definition) is 1. The Morgan fingerprint density at radius 1 is 1.03 bits per heavy atom. The van der Waals surface area contributed by atoms with E-state index in [1.54, 1.807) is 0 Å². The van der Waals surface area contributed by atoms with Crippen molar-refractivity contribution < 1.29 is 9.53 Å². The molecule has 2 aliphatic rings. The zero-order chi connectivity index (χ0) is 21.2. The predicted molar refractivity (Wildman–Crippen MR) is 137 cm³/mol. The molecule has 0 bridgehead atoms. The molecule has 174 valence electrons. The molecule has 0 atom stereocenters. The Kier molecular flexibility index (Phi) is 11.6. The van der Waals surface area contributed by atoms with Crippen LogP contribution < -0.4 is 5.32 Å². The summed E-state index contributed by atoms with van der Waals surface area (Å²) in [5, 5.41) is 3.41. The van der Waals surface area contributed by atoms with Crippen molar-refractivity contribution >= 4 is 35.9 Å². The maximum Gasteiger partial charge on any atom is 0.308 e. The lowest BCUT2D eigenvalue weighted by Gasteiger charge is -2.33. The van der Waals surface area contributed by atoms with E-state index in [1.807, 2.05) is 0 Å². The first kappa shape index (κ1) is 25.9. The standard InChI is InChI=1S/C24H38N4O2.HI/c1-3-25-24(28-16-12-22(13-17-28)23(29)30-2)26-18-20-8-10-21(11-9-20)19-27-14-6-4-5-7-15-27;/h8-11,22H,3-7,12-19H2,1-2H3,(H,25,26);1H. The highest BCUT2D eigenvalue weighted by Crippen LogP contribution is 2.19. The van der Waals surface area contributed by atoms with Gasteiger partial charge in [-0.15, -0.1) is 24.0 Å². The summed E-state index contributed by atoms with van der Waals surface area (Å²) in [4.78, 5) is 21.5. The SMILES string of the molecule is CCNC(=NCc1ccc(CN2CCCCCC2)cc1)N1CCC(C(=O)OC)CC1.I. The average Bonchev–Trinajstić information content (AvgIpc) is 3.06. The van der Waals surface area contributed by atoms with Crippen molar-refractivity contribution in [3.05, 3.63) is 35.4 Å². The van der Waals surface area contributed by atoms with Crippen molar-refractivity contribution in [1.82, 2.24) is 15.1 Å². The van der Waals surface area contributed by atoms with Crippen LogP contribution in [0.15, 0.2) is 29.3 Å². The normalized spacial score (nSPS) is 18.8. The molecule has 2 saturated heterocycles. The first-order valence-corrected chi connectivity index (χ1v) is 11.6. The number of nitrogens with zero attached hydrogens (tertiary/aromatic N) is 3. The van der Waals surface area contributed by atoms with Gasteiger partial charge in [-0.2, -0.15) is 0 Å². The number of carbonyl (C=O) groups is 1. The number of likely N-dealkylation sites (tertiary alicyclic amines) is 2. The maximum atomic E-state index is 11.8. The molecule has 2 heterocycles. The molecule has 0 aliphatic carbocycles. The van der Waals surface area contributed by atoms with Crippen molar-refractivity contribution in [2.24, 2.45) is 10.9 Å². The number of guanidine groups is 1. The Morgan fingerprint density at radius 2 is 1.65 bits per heavy atom. The molecule has 0 unspecified atom stereocenters. The molecule has 6 nitrogen and oxygen atoms in total. The Balaban J connectivity index is 0.00000341. The minimum absolute atomic E-state index is 0. The second kappa shape index (κ2) is 13.9. The van der Waals surface area contributed by atoms with Crippen LogP contribution >= 0.6 is 24.0 Å². The average molecular weight is 543 g/mol. The zero-order valence-corrected chi connectivity index (χ0v) is 21.5. The van der Waals surface area contributed by atoms with Crippen LogP contribution in [0.1, 0.15) is 56.6 Å². The molecule has 0 spiro atoms. The maximum absolute atomic E-state index is 11.8. The van der Waals surface area contributed by atoms with E-state index in [9.17, 15) is 4.79 Å². The van der Waals surface area contributed by atoms with E-state index >= 15 is 0 Å². The summed E-state index contributed by atoms with van der Waals surface area (Å²) < 4.78 is 4.90. The number of esters is 1. The molecule has 1 N–H and O–H groups in total. The highest BCUT2D eigenvalue weighted by molar-refractivity contribution is 14.0. The van der Waals surface area contributed by atoms with E-state index < -0.39 is 0 Å². The van der Waals surface area contributed by atoms with E-state index in [0.717, 1.165) is 45.0 Å². The third-order valence-electron chi connectivity index (χ3n) is 6.20. The number of benzene rings is 1. The van der Waals surface area contributed by atoms with Crippen LogP contribution in [0.25, 0.3) is 0 Å². The number of aliphatic imine (C=N–C) groups is 1. The summed E-state index contributed by atoms with van der Waals surface area (Å²) >= 11 is 0. The largest absolute Gasteiger partial charge is 0.469 e. The lowest BCUT2D eigenvalue weighted by Crippen LogP contribution is -2.46. The summed E-state index contributed by atoms with van der Waals surface area (Å²) in [5.74, 6) is 0.872. The highest BCUT2D eigenvalue weighted by atomic mass is 127. The number of piperidine rings is 1. The Bertz CT molecular complexity index is 679. The van der Waals surface area contributed by atoms with Crippen molar-refractivity contribution in [1.29, 1.82) is 0 Å². The van der Waals surface area contributed by atoms with Crippen molar-refractivity contribution in [2.45, 2.75) is 58.5 Å². The van der Waals surface area contributed by atoms with Crippen LogP contribution in [0, 0.1) is 5.92 Å². The number of rotatable bonds is 6. The summed E-state index contributed by atoms with van der Waals surface area (Å²) in [7, 11) is 1.47. The second-order valence-electron chi connectivity index (χ2n) is 8.46. The fourth-order valence-corrected chi connectivity index (χ4v) is 4.39. The molecule has 0 aromatic heterocycles. The van der Waals surface area contributed by atoms with Crippen LogP contribution in [0.2, 0.25) is 0 Å². The summed E-state index contributed by atoms with van der Waals surface area (Å²) in [5.41, 5.74) is 2.62. The molecule has 0 radical (unpaired) electrons. The van der Waals surface area contributed by atoms with Crippen molar-refractivity contribution in [3.63, 3.8) is 0 Å². The molecule has 1 aromatic rings.